The molecule has 1 aromatic carbocycles. The molecule has 1 unspecified atom stereocenters. The fourth-order valence-corrected chi connectivity index (χ4v) is 1.71. The van der Waals surface area contributed by atoms with E-state index in [0.29, 0.717) is 12.2 Å². The second-order valence-corrected chi connectivity index (χ2v) is 4.01. The van der Waals surface area contributed by atoms with E-state index in [1.807, 2.05) is 6.92 Å². The number of H-pyrrole nitrogens is 1. The second-order valence-electron chi connectivity index (χ2n) is 4.01. The minimum absolute atomic E-state index is 0.147. The maximum absolute atomic E-state index is 13.4. The van der Waals surface area contributed by atoms with Crippen LogP contribution in [0.1, 0.15) is 25.2 Å². The van der Waals surface area contributed by atoms with Crippen LogP contribution < -0.4 is 10.6 Å². The Morgan fingerprint density at radius 2 is 2.26 bits per heavy atom. The van der Waals surface area contributed by atoms with Crippen molar-refractivity contribution in [3.8, 4) is 0 Å². The Bertz CT molecular complexity index is 541. The molecule has 0 saturated heterocycles. The lowest BCUT2D eigenvalue weighted by atomic mass is 10.2. The lowest BCUT2D eigenvalue weighted by molar-refractivity contribution is 0.247. The van der Waals surface area contributed by atoms with Crippen LogP contribution in [-0.2, 0) is 0 Å². The van der Waals surface area contributed by atoms with E-state index >= 15 is 0 Å². The van der Waals surface area contributed by atoms with Gasteiger partial charge in [-0.2, -0.15) is 0 Å². The third kappa shape index (κ3) is 3.31. The molecule has 1 atom stereocenters. The molecule has 1 aromatic heterocycles. The van der Waals surface area contributed by atoms with Crippen LogP contribution in [0.4, 0.5) is 14.9 Å². The summed E-state index contributed by atoms with van der Waals surface area (Å²) in [6, 6.07) is 5.32. The summed E-state index contributed by atoms with van der Waals surface area (Å²) in [5.74, 6) is 0.204. The molecule has 2 aromatic rings. The molecule has 0 aliphatic carbocycles. The number of anilines is 1. The fourth-order valence-electron chi connectivity index (χ4n) is 1.71. The van der Waals surface area contributed by atoms with Crippen LogP contribution in [0.25, 0.3) is 0 Å². The van der Waals surface area contributed by atoms with Crippen molar-refractivity contribution in [2.24, 2.45) is 0 Å². The lowest BCUT2D eigenvalue weighted by Crippen LogP contribution is -2.33. The van der Waals surface area contributed by atoms with Crippen molar-refractivity contribution in [3.63, 3.8) is 0 Å². The summed E-state index contributed by atoms with van der Waals surface area (Å²) in [6.07, 6.45) is 3.99. The zero-order valence-electron chi connectivity index (χ0n) is 10.5. The molecular formula is C13H15FN4O. The lowest BCUT2D eigenvalue weighted by Gasteiger charge is -2.15. The van der Waals surface area contributed by atoms with Crippen LogP contribution in [0.15, 0.2) is 36.7 Å². The van der Waals surface area contributed by atoms with Gasteiger partial charge in [0.05, 0.1) is 11.7 Å². The van der Waals surface area contributed by atoms with Gasteiger partial charge in [0.25, 0.3) is 0 Å². The van der Waals surface area contributed by atoms with Crippen LogP contribution in [0.2, 0.25) is 0 Å². The number of nitrogens with zero attached hydrogens (tertiary/aromatic N) is 1. The van der Waals surface area contributed by atoms with Gasteiger partial charge in [-0.25, -0.2) is 14.2 Å². The number of carbonyl (C=O) groups excluding carboxylic acids is 1. The molecule has 2 amide bonds. The topological polar surface area (TPSA) is 69.8 Å². The number of urea groups is 1. The van der Waals surface area contributed by atoms with Crippen molar-refractivity contribution in [2.45, 2.75) is 19.4 Å². The van der Waals surface area contributed by atoms with Crippen LogP contribution in [0.3, 0.4) is 0 Å². The summed E-state index contributed by atoms with van der Waals surface area (Å²) in [7, 11) is 0. The van der Waals surface area contributed by atoms with Gasteiger partial charge in [0, 0.05) is 12.4 Å². The number of hydrogen-bond acceptors (Lipinski definition) is 2. The highest BCUT2D eigenvalue weighted by Crippen LogP contribution is 2.14. The third-order valence-corrected chi connectivity index (χ3v) is 2.69. The number of halogens is 1. The first-order valence-corrected chi connectivity index (χ1v) is 6.02. The third-order valence-electron chi connectivity index (χ3n) is 2.69. The molecule has 3 N–H and O–H groups in total. The molecule has 0 spiro atoms. The molecule has 5 nitrogen and oxygen atoms in total. The predicted molar refractivity (Wildman–Crippen MR) is 70.2 cm³/mol. The zero-order valence-corrected chi connectivity index (χ0v) is 10.5. The number of para-hydroxylation sites is 1. The Morgan fingerprint density at radius 3 is 2.89 bits per heavy atom. The number of amides is 2. The summed E-state index contributed by atoms with van der Waals surface area (Å²) < 4.78 is 13.4. The number of nitrogens with one attached hydrogen (secondary N) is 3. The molecular weight excluding hydrogens is 247 g/mol. The number of rotatable bonds is 4. The molecule has 19 heavy (non-hydrogen) atoms. The molecule has 0 bridgehead atoms. The van der Waals surface area contributed by atoms with Gasteiger partial charge in [-0.05, 0) is 18.6 Å². The molecule has 0 radical (unpaired) electrons. The van der Waals surface area contributed by atoms with Gasteiger partial charge >= 0.3 is 6.03 Å². The largest absolute Gasteiger partial charge is 0.347 e. The first-order valence-electron chi connectivity index (χ1n) is 6.02. The van der Waals surface area contributed by atoms with Crippen molar-refractivity contribution >= 4 is 11.7 Å². The molecule has 0 saturated carbocycles. The van der Waals surface area contributed by atoms with E-state index in [1.165, 1.54) is 12.1 Å². The van der Waals surface area contributed by atoms with Crippen LogP contribution >= 0.6 is 0 Å². The van der Waals surface area contributed by atoms with Gasteiger partial charge in [0.15, 0.2) is 0 Å². The molecule has 2 rings (SSSR count). The standard InChI is InChI=1S/C13H15FN4O/c1-2-10(12-15-7-8-16-12)17-13(19)18-11-6-4-3-5-9(11)14/h3-8,10H,2H2,1H3,(H,15,16)(H2,17,18,19). The number of aromatic nitrogens is 2. The van der Waals surface area contributed by atoms with Crippen LogP contribution in [0.5, 0.6) is 0 Å². The first kappa shape index (κ1) is 13.1. The fraction of sp³-hybridized carbons (Fsp3) is 0.231. The second kappa shape index (κ2) is 5.99. The van der Waals surface area contributed by atoms with Crippen LogP contribution in [-0.4, -0.2) is 16.0 Å². The molecule has 0 fully saturated rings. The van der Waals surface area contributed by atoms with Gasteiger partial charge < -0.3 is 15.6 Å². The highest BCUT2D eigenvalue weighted by molar-refractivity contribution is 5.89. The van der Waals surface area contributed by atoms with Crippen LogP contribution in [0, 0.1) is 5.82 Å². The highest BCUT2D eigenvalue weighted by atomic mass is 19.1. The smallest absolute Gasteiger partial charge is 0.319 e. The summed E-state index contributed by atoms with van der Waals surface area (Å²) in [4.78, 5) is 18.8. The van der Waals surface area contributed by atoms with E-state index in [-0.39, 0.29) is 11.7 Å². The van der Waals surface area contributed by atoms with Gasteiger partial charge in [-0.3, -0.25) is 0 Å². The Morgan fingerprint density at radius 1 is 1.47 bits per heavy atom. The number of hydrogen-bond donors (Lipinski definition) is 3. The number of benzene rings is 1. The van der Waals surface area contributed by atoms with E-state index in [4.69, 9.17) is 0 Å². The summed E-state index contributed by atoms with van der Waals surface area (Å²) in [5, 5.41) is 5.20. The molecule has 6 heteroatoms. The van der Waals surface area contributed by atoms with Gasteiger partial charge in [-0.1, -0.05) is 19.1 Å². The molecule has 1 heterocycles. The Labute approximate surface area is 110 Å². The van der Waals surface area contributed by atoms with E-state index in [2.05, 4.69) is 20.6 Å². The minimum atomic E-state index is -0.469. The average Bonchev–Trinajstić information content (AvgIpc) is 2.92. The predicted octanol–water partition coefficient (Wildman–Crippen LogP) is 2.82. The van der Waals surface area contributed by atoms with E-state index in [0.717, 1.165) is 0 Å². The SMILES string of the molecule is CCC(NC(=O)Nc1ccccc1F)c1ncc[nH]1. The number of aromatic amines is 1. The maximum Gasteiger partial charge on any atom is 0.319 e. The van der Waals surface area contributed by atoms with Crippen molar-refractivity contribution in [1.29, 1.82) is 0 Å². The molecule has 0 aliphatic rings. The van der Waals surface area contributed by atoms with Gasteiger partial charge in [0.1, 0.15) is 11.6 Å². The van der Waals surface area contributed by atoms with E-state index in [1.54, 1.807) is 24.5 Å². The Balaban J connectivity index is 1.99. The number of carbonyl (C=O) groups is 1. The molecule has 100 valence electrons. The van der Waals surface area contributed by atoms with Gasteiger partial charge in [-0.15, -0.1) is 0 Å². The monoisotopic (exact) mass is 262 g/mol. The Hall–Kier alpha value is -2.37. The average molecular weight is 262 g/mol. The minimum Gasteiger partial charge on any atom is -0.347 e. The van der Waals surface area contributed by atoms with Crippen molar-refractivity contribution in [1.82, 2.24) is 15.3 Å². The summed E-state index contributed by atoms with van der Waals surface area (Å²) in [6.45, 7) is 1.93. The van der Waals surface area contributed by atoms with E-state index < -0.39 is 11.8 Å². The first-order chi connectivity index (χ1) is 9.20. The summed E-state index contributed by atoms with van der Waals surface area (Å²) in [5.41, 5.74) is 0.147. The number of imidazole rings is 1. The van der Waals surface area contributed by atoms with Crippen molar-refractivity contribution in [3.05, 3.63) is 48.3 Å². The quantitative estimate of drug-likeness (QED) is 0.793. The Kier molecular flexibility index (Phi) is 4.12. The van der Waals surface area contributed by atoms with Crippen molar-refractivity contribution < 1.29 is 9.18 Å². The van der Waals surface area contributed by atoms with Crippen molar-refractivity contribution in [2.75, 3.05) is 5.32 Å². The highest BCUT2D eigenvalue weighted by Gasteiger charge is 2.15. The maximum atomic E-state index is 13.4. The normalized spacial score (nSPS) is 11.9. The molecule has 0 aliphatic heterocycles. The van der Waals surface area contributed by atoms with Gasteiger partial charge in [0.2, 0.25) is 0 Å². The zero-order chi connectivity index (χ0) is 13.7. The summed E-state index contributed by atoms with van der Waals surface area (Å²) >= 11 is 0. The van der Waals surface area contributed by atoms with E-state index in [9.17, 15) is 9.18 Å².